The number of carboxylic acid groups (broad SMARTS) is 1. The summed E-state index contributed by atoms with van der Waals surface area (Å²) in [4.78, 5) is 30.4. The van der Waals surface area contributed by atoms with Gasteiger partial charge in [-0.1, -0.05) is 48.5 Å². The molecule has 0 unspecified atom stereocenters. The van der Waals surface area contributed by atoms with E-state index in [4.69, 9.17) is 16.2 Å². The first-order chi connectivity index (χ1) is 12.4. The van der Waals surface area contributed by atoms with Crippen molar-refractivity contribution >= 4 is 29.3 Å². The van der Waals surface area contributed by atoms with E-state index < -0.39 is 12.0 Å². The Bertz CT molecular complexity index is 942. The van der Waals surface area contributed by atoms with Gasteiger partial charge in [0.05, 0.1) is 0 Å². The van der Waals surface area contributed by atoms with Crippen LogP contribution in [0, 0.1) is 5.41 Å². The average molecular weight is 348 g/mol. The van der Waals surface area contributed by atoms with E-state index in [2.05, 4.69) is 9.98 Å². The normalized spacial score (nSPS) is 13.3. The van der Waals surface area contributed by atoms with Crippen molar-refractivity contribution in [3.8, 4) is 0 Å². The monoisotopic (exact) mass is 348 g/mol. The summed E-state index contributed by atoms with van der Waals surface area (Å²) < 4.78 is 0. The quantitative estimate of drug-likeness (QED) is 0.547. The Balaban J connectivity index is 1.86. The Morgan fingerprint density at radius 1 is 0.962 bits per heavy atom. The highest BCUT2D eigenvalue weighted by Crippen LogP contribution is 2.17. The van der Waals surface area contributed by atoms with Crippen molar-refractivity contribution in [2.45, 2.75) is 12.8 Å². The van der Waals surface area contributed by atoms with Crippen LogP contribution in [0.15, 0.2) is 58.5 Å². The second kappa shape index (κ2) is 7.10. The molecule has 26 heavy (non-hydrogen) atoms. The summed E-state index contributed by atoms with van der Waals surface area (Å²) in [7, 11) is 0. The van der Waals surface area contributed by atoms with Gasteiger partial charge in [0, 0.05) is 23.1 Å². The maximum Gasteiger partial charge on any atom is 0.368 e. The van der Waals surface area contributed by atoms with Gasteiger partial charge in [-0.25, -0.2) is 4.79 Å². The van der Waals surface area contributed by atoms with Crippen LogP contribution in [0.5, 0.6) is 0 Å². The van der Waals surface area contributed by atoms with Crippen molar-refractivity contribution in [2.75, 3.05) is 0 Å². The van der Waals surface area contributed by atoms with Crippen LogP contribution < -0.4 is 5.73 Å². The first-order valence-corrected chi connectivity index (χ1v) is 7.91. The van der Waals surface area contributed by atoms with Crippen molar-refractivity contribution in [2.24, 2.45) is 15.7 Å². The number of hydrogen-bond acceptors (Lipinski definition) is 3. The number of nitrogens with two attached hydrogens (primary N) is 1. The molecule has 4 N–H and O–H groups in total. The molecule has 0 aliphatic carbocycles. The number of aliphatic carboxylic acids is 1. The Hall–Kier alpha value is -3.61. The molecule has 1 heterocycles. The molecule has 0 saturated carbocycles. The van der Waals surface area contributed by atoms with E-state index in [0.29, 0.717) is 29.0 Å². The third-order valence-corrected chi connectivity index (χ3v) is 3.96. The fourth-order valence-corrected chi connectivity index (χ4v) is 2.61. The van der Waals surface area contributed by atoms with Gasteiger partial charge >= 0.3 is 12.0 Å². The molecule has 1 aliphatic rings. The van der Waals surface area contributed by atoms with E-state index in [1.807, 2.05) is 12.1 Å². The fraction of sp³-hybridized carbons (Fsp3) is 0.105. The Morgan fingerprint density at radius 2 is 1.46 bits per heavy atom. The molecule has 0 radical (unpaired) electrons. The highest BCUT2D eigenvalue weighted by Gasteiger charge is 2.22. The zero-order chi connectivity index (χ0) is 18.7. The van der Waals surface area contributed by atoms with E-state index in [0.717, 1.165) is 11.1 Å². The van der Waals surface area contributed by atoms with Crippen LogP contribution in [-0.2, 0) is 11.2 Å². The van der Waals surface area contributed by atoms with Crippen molar-refractivity contribution < 1.29 is 14.7 Å². The molecule has 1 aliphatic heterocycles. The van der Waals surface area contributed by atoms with Crippen molar-refractivity contribution in [1.82, 2.24) is 0 Å². The topological polar surface area (TPSA) is 129 Å². The van der Waals surface area contributed by atoms with Crippen LogP contribution in [-0.4, -0.2) is 34.4 Å². The van der Waals surface area contributed by atoms with Crippen LogP contribution in [0.3, 0.4) is 0 Å². The summed E-state index contributed by atoms with van der Waals surface area (Å²) in [5.74, 6) is -0.880. The number of aryl methyl sites for hydroxylation is 1. The van der Waals surface area contributed by atoms with Crippen LogP contribution >= 0.6 is 0 Å². The highest BCUT2D eigenvalue weighted by atomic mass is 16.4. The molecule has 0 spiro atoms. The van der Waals surface area contributed by atoms with Gasteiger partial charge < -0.3 is 10.8 Å². The number of nitrogens with zero attached hydrogens (tertiary/aromatic N) is 2. The highest BCUT2D eigenvalue weighted by molar-refractivity contribution is 6.57. The number of benzene rings is 2. The van der Waals surface area contributed by atoms with E-state index in [9.17, 15) is 9.59 Å². The Morgan fingerprint density at radius 3 is 1.92 bits per heavy atom. The first kappa shape index (κ1) is 17.2. The molecule has 7 nitrogen and oxygen atoms in total. The van der Waals surface area contributed by atoms with Crippen LogP contribution in [0.4, 0.5) is 4.79 Å². The maximum atomic E-state index is 11.7. The number of carbonyl (C=O) groups is 2. The lowest BCUT2D eigenvalue weighted by molar-refractivity contribution is -0.136. The number of carbonyl (C=O) groups excluding carboxylic acids is 1. The van der Waals surface area contributed by atoms with Crippen molar-refractivity contribution in [3.05, 3.63) is 70.8 Å². The predicted molar refractivity (Wildman–Crippen MR) is 98.3 cm³/mol. The smallest absolute Gasteiger partial charge is 0.368 e. The summed E-state index contributed by atoms with van der Waals surface area (Å²) in [5.41, 5.74) is 9.29. The van der Waals surface area contributed by atoms with Crippen LogP contribution in [0.1, 0.15) is 28.7 Å². The number of carboxylic acids is 1. The van der Waals surface area contributed by atoms with Gasteiger partial charge in [0.2, 0.25) is 0 Å². The molecule has 0 aromatic heterocycles. The van der Waals surface area contributed by atoms with Gasteiger partial charge in [0.1, 0.15) is 17.3 Å². The van der Waals surface area contributed by atoms with E-state index >= 15 is 0 Å². The summed E-state index contributed by atoms with van der Waals surface area (Å²) in [6.45, 7) is 0. The van der Waals surface area contributed by atoms with E-state index in [-0.39, 0.29) is 12.3 Å². The first-order valence-electron chi connectivity index (χ1n) is 7.91. The van der Waals surface area contributed by atoms with Crippen LogP contribution in [0.2, 0.25) is 0 Å². The van der Waals surface area contributed by atoms with Crippen molar-refractivity contribution in [1.29, 1.82) is 5.41 Å². The van der Waals surface area contributed by atoms with Gasteiger partial charge in [-0.15, -0.1) is 0 Å². The number of rotatable bonds is 6. The molecule has 2 aromatic carbocycles. The van der Waals surface area contributed by atoms with E-state index in [1.54, 1.807) is 36.4 Å². The number of nitrogen functional groups attached to an aromatic ring is 1. The molecule has 7 heteroatoms. The maximum absolute atomic E-state index is 11.7. The standard InChI is InChI=1S/C19H16N4O3/c20-18(21)14-8-6-13(7-9-14)17-16(22-19(26)23-17)12-4-1-11(2-5-12)3-10-15(24)25/h1-2,4-9H,3,10H2,(H3,20,21)(H,24,25). The summed E-state index contributed by atoms with van der Waals surface area (Å²) in [6.07, 6.45) is 0.502. The van der Waals surface area contributed by atoms with E-state index in [1.165, 1.54) is 0 Å². The Labute approximate surface area is 149 Å². The fourth-order valence-electron chi connectivity index (χ4n) is 2.61. The third-order valence-electron chi connectivity index (χ3n) is 3.96. The van der Waals surface area contributed by atoms with Gasteiger partial charge in [0.25, 0.3) is 0 Å². The zero-order valence-corrected chi connectivity index (χ0v) is 13.8. The zero-order valence-electron chi connectivity index (χ0n) is 13.8. The molecule has 0 fully saturated rings. The molecule has 0 bridgehead atoms. The molecular formula is C19H16N4O3. The molecular weight excluding hydrogens is 332 g/mol. The number of amidine groups is 1. The second-order valence-electron chi connectivity index (χ2n) is 5.79. The third kappa shape index (κ3) is 3.72. The summed E-state index contributed by atoms with van der Waals surface area (Å²) in [5, 5.41) is 16.2. The molecule has 130 valence electrons. The minimum absolute atomic E-state index is 0.0353. The van der Waals surface area contributed by atoms with Crippen LogP contribution in [0.25, 0.3) is 0 Å². The van der Waals surface area contributed by atoms with Gasteiger partial charge in [-0.3, -0.25) is 10.2 Å². The largest absolute Gasteiger partial charge is 0.481 e. The average Bonchev–Trinajstić information content (AvgIpc) is 3.02. The number of aliphatic imine (C=N–C) groups is 2. The number of hydrogen-bond donors (Lipinski definition) is 3. The number of nitrogens with one attached hydrogen (secondary N) is 1. The molecule has 3 rings (SSSR count). The molecule has 0 saturated heterocycles. The summed E-state index contributed by atoms with van der Waals surface area (Å²) in [6, 6.07) is 13.5. The predicted octanol–water partition coefficient (Wildman–Crippen LogP) is 2.40. The minimum Gasteiger partial charge on any atom is -0.481 e. The van der Waals surface area contributed by atoms with Gasteiger partial charge in [-0.2, -0.15) is 9.98 Å². The second-order valence-corrected chi connectivity index (χ2v) is 5.79. The SMILES string of the molecule is N=C(N)c1ccc(C2=NC(=O)N=C2c2ccc(CCC(=O)O)cc2)cc1. The summed E-state index contributed by atoms with van der Waals surface area (Å²) >= 11 is 0. The molecule has 2 amide bonds. The lowest BCUT2D eigenvalue weighted by atomic mass is 9.97. The number of amides is 2. The molecule has 0 atom stereocenters. The minimum atomic E-state index is -0.844. The van der Waals surface area contributed by atoms with Gasteiger partial charge in [-0.05, 0) is 12.0 Å². The lowest BCUT2D eigenvalue weighted by Gasteiger charge is -2.07. The van der Waals surface area contributed by atoms with Crippen molar-refractivity contribution in [3.63, 3.8) is 0 Å². The number of urea groups is 1. The van der Waals surface area contributed by atoms with Gasteiger partial charge in [0.15, 0.2) is 0 Å². The Kier molecular flexibility index (Phi) is 4.70. The molecule has 2 aromatic rings. The lowest BCUT2D eigenvalue weighted by Crippen LogP contribution is -2.15.